The van der Waals surface area contributed by atoms with E-state index in [1.165, 1.54) is 22.6 Å². The van der Waals surface area contributed by atoms with E-state index in [9.17, 15) is 15.0 Å². The second-order valence-corrected chi connectivity index (χ2v) is 3.69. The van der Waals surface area contributed by atoms with Crippen LogP contribution in [0.2, 0.25) is 0 Å². The van der Waals surface area contributed by atoms with E-state index in [2.05, 4.69) is 4.74 Å². The van der Waals surface area contributed by atoms with Crippen molar-refractivity contribution < 1.29 is 31.3 Å². The van der Waals surface area contributed by atoms with Gasteiger partial charge in [-0.2, -0.15) is 0 Å². The molecule has 0 unspecified atom stereocenters. The lowest BCUT2D eigenvalue weighted by atomic mass is 10.0. The lowest BCUT2D eigenvalue weighted by Crippen LogP contribution is -2.48. The number of methoxy groups -OCH3 is 1. The van der Waals surface area contributed by atoms with Crippen LogP contribution < -0.4 is 0 Å². The molecule has 0 aromatic rings. The molecule has 0 aliphatic heterocycles. The third-order valence-electron chi connectivity index (χ3n) is 1.64. The summed E-state index contributed by atoms with van der Waals surface area (Å²) in [6.07, 6.45) is -6.33. The molecule has 0 spiro atoms. The van der Waals surface area contributed by atoms with Gasteiger partial charge in [-0.05, 0) is 0 Å². The van der Waals surface area contributed by atoms with Gasteiger partial charge < -0.3 is 25.2 Å². The fourth-order valence-electron chi connectivity index (χ4n) is 0.813. The Morgan fingerprint density at radius 2 is 2.07 bits per heavy atom. The van der Waals surface area contributed by atoms with Crippen molar-refractivity contribution in [3.05, 3.63) is 0 Å². The van der Waals surface area contributed by atoms with Gasteiger partial charge in [0.25, 0.3) is 0 Å². The van der Waals surface area contributed by atoms with Gasteiger partial charge in [0.1, 0.15) is 18.3 Å². The van der Waals surface area contributed by atoms with E-state index >= 15 is 0 Å². The second kappa shape index (κ2) is 6.64. The molecule has 6 nitrogen and oxygen atoms in total. The van der Waals surface area contributed by atoms with Crippen molar-refractivity contribution in [2.75, 3.05) is 13.7 Å². The molecule has 0 radical (unpaired) electrons. The highest BCUT2D eigenvalue weighted by Gasteiger charge is 2.34. The van der Waals surface area contributed by atoms with Gasteiger partial charge in [0, 0.05) is 29.7 Å². The minimum atomic E-state index is -1.70. The maximum atomic E-state index is 11.0. The number of halogens is 1. The molecule has 14 heavy (non-hydrogen) atoms. The summed E-state index contributed by atoms with van der Waals surface area (Å²) in [5, 5.41) is 36.2. The van der Waals surface area contributed by atoms with Gasteiger partial charge in [0.2, 0.25) is 3.79 Å². The molecule has 0 amide bonds. The molecular formula is C7H13IO6. The van der Waals surface area contributed by atoms with E-state index in [-0.39, 0.29) is 0 Å². The fraction of sp³-hybridized carbons (Fsp3) is 0.857. The number of ether oxygens (including phenoxy) is 1. The summed E-state index contributed by atoms with van der Waals surface area (Å²) in [7, 11) is -0.557. The van der Waals surface area contributed by atoms with Gasteiger partial charge in [-0.1, -0.05) is 0 Å². The molecule has 4 N–H and O–H groups in total. The molecule has 0 aliphatic carbocycles. The largest absolute Gasteiger partial charge is 0.394 e. The number of carbonyl (C=O) groups is 1. The fourth-order valence-corrected chi connectivity index (χ4v) is 1.36. The van der Waals surface area contributed by atoms with Crippen molar-refractivity contribution in [1.82, 2.24) is 0 Å². The Labute approximate surface area is 96.0 Å². The SMILES string of the molecule is [2H]CO[C@@H](C(=O)I)[C@@H](O)[C@H](O)[C@H](O)CO. The number of hydrogen-bond donors (Lipinski definition) is 4. The first-order valence-corrected chi connectivity index (χ1v) is 4.78. The molecule has 0 saturated carbocycles. The molecule has 0 rings (SSSR count). The summed E-state index contributed by atoms with van der Waals surface area (Å²) in [6, 6.07) is 0. The summed E-state index contributed by atoms with van der Waals surface area (Å²) in [6.45, 7) is -0.749. The third kappa shape index (κ3) is 3.75. The zero-order valence-electron chi connectivity index (χ0n) is 8.21. The number of hydrogen-bond acceptors (Lipinski definition) is 6. The summed E-state index contributed by atoms with van der Waals surface area (Å²) in [5.41, 5.74) is 0. The quantitative estimate of drug-likeness (QED) is 0.334. The van der Waals surface area contributed by atoms with Crippen LogP contribution in [0, 0.1) is 0 Å². The van der Waals surface area contributed by atoms with E-state index < -0.39 is 41.9 Å². The molecule has 7 heteroatoms. The molecule has 84 valence electrons. The molecule has 0 aliphatic rings. The topological polar surface area (TPSA) is 107 Å². The average Bonchev–Trinajstić information content (AvgIpc) is 2.22. The van der Waals surface area contributed by atoms with Gasteiger partial charge in [-0.3, -0.25) is 4.79 Å². The molecule has 0 heterocycles. The lowest BCUT2D eigenvalue weighted by Gasteiger charge is -2.25. The first-order valence-electron chi connectivity index (χ1n) is 4.41. The van der Waals surface area contributed by atoms with Crippen molar-refractivity contribution in [1.29, 1.82) is 0 Å². The highest BCUT2D eigenvalue weighted by Crippen LogP contribution is 2.11. The average molecular weight is 321 g/mol. The van der Waals surface area contributed by atoms with Crippen LogP contribution in [0.5, 0.6) is 0 Å². The van der Waals surface area contributed by atoms with Crippen LogP contribution in [0.15, 0.2) is 0 Å². The van der Waals surface area contributed by atoms with Gasteiger partial charge >= 0.3 is 0 Å². The minimum absolute atomic E-state index is 0.557. The Hall–Kier alpha value is 0.200. The van der Waals surface area contributed by atoms with E-state index in [4.69, 9.17) is 11.6 Å². The molecular weight excluding hydrogens is 307 g/mol. The van der Waals surface area contributed by atoms with Crippen LogP contribution in [-0.2, 0) is 9.53 Å². The lowest BCUT2D eigenvalue weighted by molar-refractivity contribution is -0.142. The molecule has 4 atom stereocenters. The monoisotopic (exact) mass is 321 g/mol. The van der Waals surface area contributed by atoms with E-state index in [1.54, 1.807) is 0 Å². The number of aliphatic hydroxyl groups excluding tert-OH is 4. The molecule has 0 bridgehead atoms. The Morgan fingerprint density at radius 1 is 1.50 bits per heavy atom. The predicted octanol–water partition coefficient (Wildman–Crippen LogP) is -1.96. The smallest absolute Gasteiger partial charge is 0.223 e. The van der Waals surface area contributed by atoms with Crippen molar-refractivity contribution in [3.8, 4) is 0 Å². The van der Waals surface area contributed by atoms with Gasteiger partial charge in [0.15, 0.2) is 6.10 Å². The number of rotatable bonds is 6. The van der Waals surface area contributed by atoms with E-state index in [1.807, 2.05) is 0 Å². The normalized spacial score (nSPS) is 20.8. The van der Waals surface area contributed by atoms with Gasteiger partial charge in [0.05, 0.1) is 7.98 Å². The van der Waals surface area contributed by atoms with Crippen LogP contribution in [0.25, 0.3) is 0 Å². The Bertz CT molecular complexity index is 204. The Morgan fingerprint density at radius 3 is 2.43 bits per heavy atom. The van der Waals surface area contributed by atoms with Crippen LogP contribution in [-0.4, -0.2) is 62.3 Å². The first kappa shape index (κ1) is 12.3. The maximum Gasteiger partial charge on any atom is 0.223 e. The first-order chi connectivity index (χ1) is 6.95. The Balaban J connectivity index is 4.47. The zero-order valence-corrected chi connectivity index (χ0v) is 9.36. The van der Waals surface area contributed by atoms with Crippen LogP contribution in [0.1, 0.15) is 1.37 Å². The van der Waals surface area contributed by atoms with Crippen LogP contribution >= 0.6 is 22.6 Å². The van der Waals surface area contributed by atoms with Crippen LogP contribution in [0.3, 0.4) is 0 Å². The maximum absolute atomic E-state index is 11.0. The molecule has 0 aromatic carbocycles. The van der Waals surface area contributed by atoms with Crippen molar-refractivity contribution >= 4 is 26.4 Å². The predicted molar refractivity (Wildman–Crippen MR) is 54.9 cm³/mol. The zero-order chi connectivity index (χ0) is 12.0. The summed E-state index contributed by atoms with van der Waals surface area (Å²) < 4.78 is 10.7. The third-order valence-corrected chi connectivity index (χ3v) is 2.26. The summed E-state index contributed by atoms with van der Waals surface area (Å²) >= 11 is 1.35. The Kier molecular flexibility index (Phi) is 5.82. The summed E-state index contributed by atoms with van der Waals surface area (Å²) in [4.78, 5) is 11.0. The molecule has 0 aromatic heterocycles. The molecule has 0 fully saturated rings. The van der Waals surface area contributed by atoms with Gasteiger partial charge in [-0.15, -0.1) is 0 Å². The van der Waals surface area contributed by atoms with E-state index in [0.717, 1.165) is 0 Å². The van der Waals surface area contributed by atoms with Crippen molar-refractivity contribution in [2.45, 2.75) is 24.4 Å². The van der Waals surface area contributed by atoms with Gasteiger partial charge in [-0.25, -0.2) is 0 Å². The standard InChI is InChI=1S/C7H13IO6/c1-14-6(7(8)13)5(12)4(11)3(10)2-9/h3-6,9-12H,2H2,1H3/t3-,4-,5+,6-/m1/s1/i1D. The molecule has 0 saturated heterocycles. The van der Waals surface area contributed by atoms with Crippen molar-refractivity contribution in [3.63, 3.8) is 0 Å². The number of aliphatic hydroxyl groups is 4. The highest BCUT2D eigenvalue weighted by atomic mass is 127. The van der Waals surface area contributed by atoms with Crippen molar-refractivity contribution in [2.24, 2.45) is 0 Å². The van der Waals surface area contributed by atoms with Crippen LogP contribution in [0.4, 0.5) is 0 Å². The number of carbonyl (C=O) groups excluding carboxylic acids is 1. The summed E-state index contributed by atoms with van der Waals surface area (Å²) in [5.74, 6) is 0. The second-order valence-electron chi connectivity index (χ2n) is 2.62. The minimum Gasteiger partial charge on any atom is -0.394 e. The highest BCUT2D eigenvalue weighted by molar-refractivity contribution is 14.1. The van der Waals surface area contributed by atoms with E-state index in [0.29, 0.717) is 0 Å².